The van der Waals surface area contributed by atoms with Crippen molar-refractivity contribution in [3.05, 3.63) is 18.2 Å². The van der Waals surface area contributed by atoms with Crippen LogP contribution in [-0.2, 0) is 21.8 Å². The highest BCUT2D eigenvalue weighted by Crippen LogP contribution is 2.34. The molecule has 2 fully saturated rings. The van der Waals surface area contributed by atoms with Gasteiger partial charge in [0.2, 0.25) is 10.0 Å². The van der Waals surface area contributed by atoms with Crippen molar-refractivity contribution < 1.29 is 13.2 Å². The van der Waals surface area contributed by atoms with E-state index < -0.39 is 10.0 Å². The van der Waals surface area contributed by atoms with Crippen LogP contribution in [0.4, 0.5) is 0 Å². The molecule has 106 valence electrons. The molecule has 1 saturated heterocycles. The van der Waals surface area contributed by atoms with Crippen LogP contribution in [0.25, 0.3) is 0 Å². The molecule has 0 bridgehead atoms. The van der Waals surface area contributed by atoms with Crippen molar-refractivity contribution in [2.45, 2.75) is 30.6 Å². The Balaban J connectivity index is 1.65. The summed E-state index contributed by atoms with van der Waals surface area (Å²) in [4.78, 5) is 4.30. The molecule has 1 aromatic heterocycles. The van der Waals surface area contributed by atoms with Crippen molar-refractivity contribution in [3.63, 3.8) is 0 Å². The maximum atomic E-state index is 11.8. The van der Waals surface area contributed by atoms with Crippen LogP contribution in [0.3, 0.4) is 0 Å². The van der Waals surface area contributed by atoms with Crippen LogP contribution in [0.2, 0.25) is 0 Å². The van der Waals surface area contributed by atoms with Gasteiger partial charge in [-0.2, -0.15) is 0 Å². The predicted molar refractivity (Wildman–Crippen MR) is 70.0 cm³/mol. The van der Waals surface area contributed by atoms with Crippen LogP contribution in [-0.4, -0.2) is 36.4 Å². The third kappa shape index (κ3) is 2.68. The summed E-state index contributed by atoms with van der Waals surface area (Å²) in [5.41, 5.74) is 0. The van der Waals surface area contributed by atoms with Crippen LogP contribution >= 0.6 is 0 Å². The molecule has 0 aromatic carbocycles. The van der Waals surface area contributed by atoms with Crippen molar-refractivity contribution >= 4 is 10.0 Å². The van der Waals surface area contributed by atoms with E-state index >= 15 is 0 Å². The van der Waals surface area contributed by atoms with Crippen LogP contribution in [0, 0.1) is 5.92 Å². The number of hydrogen-bond donors (Lipinski definition) is 1. The van der Waals surface area contributed by atoms with Crippen LogP contribution < -0.4 is 4.72 Å². The molecule has 0 radical (unpaired) electrons. The summed E-state index contributed by atoms with van der Waals surface area (Å²) in [6, 6.07) is 0. The Kier molecular flexibility index (Phi) is 3.36. The number of sulfonamides is 1. The summed E-state index contributed by atoms with van der Waals surface area (Å²) in [5, 5.41) is -0.165. The molecule has 2 atom stereocenters. The second-order valence-electron chi connectivity index (χ2n) is 5.33. The minimum absolute atomic E-state index is 0.109. The summed E-state index contributed by atoms with van der Waals surface area (Å²) >= 11 is 0. The maximum Gasteiger partial charge on any atom is 0.214 e. The third-order valence-corrected chi connectivity index (χ3v) is 5.76. The molecule has 6 nitrogen and oxygen atoms in total. The van der Waals surface area contributed by atoms with E-state index in [0.29, 0.717) is 13.2 Å². The average molecular weight is 285 g/mol. The van der Waals surface area contributed by atoms with E-state index in [1.54, 1.807) is 6.20 Å². The normalized spacial score (nSPS) is 27.8. The predicted octanol–water partition coefficient (Wildman–Crippen LogP) is 0.579. The molecular weight excluding hydrogens is 266 g/mol. The fraction of sp³-hybridized carbons (Fsp3) is 0.750. The number of nitrogens with one attached hydrogen (secondary N) is 1. The van der Waals surface area contributed by atoms with Gasteiger partial charge in [0.1, 0.15) is 11.9 Å². The zero-order valence-electron chi connectivity index (χ0n) is 10.9. The number of rotatable bonds is 5. The number of ether oxygens (including phenoxy) is 1. The van der Waals surface area contributed by atoms with Gasteiger partial charge < -0.3 is 9.30 Å². The van der Waals surface area contributed by atoms with E-state index in [1.165, 1.54) is 0 Å². The first kappa shape index (κ1) is 13.1. The number of nitrogens with zero attached hydrogens (tertiary/aromatic N) is 2. The van der Waals surface area contributed by atoms with E-state index in [4.69, 9.17) is 4.74 Å². The number of aryl methyl sites for hydroxylation is 1. The smallest absolute Gasteiger partial charge is 0.214 e. The van der Waals surface area contributed by atoms with Crippen molar-refractivity contribution in [1.29, 1.82) is 0 Å². The highest BCUT2D eigenvalue weighted by molar-refractivity contribution is 7.90. The van der Waals surface area contributed by atoms with Gasteiger partial charge in [-0.25, -0.2) is 18.1 Å². The Labute approximate surface area is 113 Å². The Morgan fingerprint density at radius 2 is 2.26 bits per heavy atom. The number of imidazole rings is 1. The van der Waals surface area contributed by atoms with Crippen molar-refractivity contribution in [2.24, 2.45) is 13.0 Å². The average Bonchev–Trinajstić information content (AvgIpc) is 3.01. The van der Waals surface area contributed by atoms with Gasteiger partial charge >= 0.3 is 0 Å². The molecule has 0 unspecified atom stereocenters. The first-order valence-electron chi connectivity index (χ1n) is 6.65. The molecule has 1 saturated carbocycles. The van der Waals surface area contributed by atoms with Gasteiger partial charge in [0.15, 0.2) is 0 Å². The van der Waals surface area contributed by atoms with E-state index in [0.717, 1.165) is 25.1 Å². The van der Waals surface area contributed by atoms with Gasteiger partial charge in [-0.15, -0.1) is 0 Å². The molecule has 2 aliphatic rings. The van der Waals surface area contributed by atoms with Gasteiger partial charge in [0, 0.05) is 38.5 Å². The molecule has 2 heterocycles. The van der Waals surface area contributed by atoms with Crippen LogP contribution in [0.15, 0.2) is 12.4 Å². The summed E-state index contributed by atoms with van der Waals surface area (Å²) in [7, 11) is -1.18. The second-order valence-corrected chi connectivity index (χ2v) is 7.37. The largest absolute Gasteiger partial charge is 0.370 e. The van der Waals surface area contributed by atoms with Crippen molar-refractivity contribution in [1.82, 2.24) is 14.3 Å². The Morgan fingerprint density at radius 1 is 1.47 bits per heavy atom. The fourth-order valence-electron chi connectivity index (χ4n) is 2.50. The van der Waals surface area contributed by atoms with Gasteiger partial charge in [0.25, 0.3) is 0 Å². The standard InChI is InChI=1S/C12H19N3O3S/c1-15-6-5-13-12(15)11-9(4-7-18-11)8-14-19(16,17)10-2-3-10/h5-6,9-11,14H,2-4,7-8H2,1H3/t9-,11+/m0/s1. The monoisotopic (exact) mass is 285 g/mol. The molecule has 3 rings (SSSR count). The first-order chi connectivity index (χ1) is 9.08. The highest BCUT2D eigenvalue weighted by atomic mass is 32.2. The van der Waals surface area contributed by atoms with E-state index in [2.05, 4.69) is 9.71 Å². The zero-order chi connectivity index (χ0) is 13.5. The summed E-state index contributed by atoms with van der Waals surface area (Å²) in [6.45, 7) is 1.10. The molecule has 1 aliphatic carbocycles. The zero-order valence-corrected chi connectivity index (χ0v) is 11.8. The first-order valence-corrected chi connectivity index (χ1v) is 8.20. The van der Waals surface area contributed by atoms with Crippen molar-refractivity contribution in [3.8, 4) is 0 Å². The fourth-order valence-corrected chi connectivity index (χ4v) is 3.94. The van der Waals surface area contributed by atoms with Crippen LogP contribution in [0.1, 0.15) is 31.2 Å². The molecular formula is C12H19N3O3S. The van der Waals surface area contributed by atoms with Crippen LogP contribution in [0.5, 0.6) is 0 Å². The van der Waals surface area contributed by atoms with E-state index in [-0.39, 0.29) is 17.3 Å². The minimum Gasteiger partial charge on any atom is -0.370 e. The molecule has 1 aliphatic heterocycles. The topological polar surface area (TPSA) is 73.2 Å². The minimum atomic E-state index is -3.11. The Hall–Kier alpha value is -0.920. The summed E-state index contributed by atoms with van der Waals surface area (Å²) < 4.78 is 34.0. The number of hydrogen-bond acceptors (Lipinski definition) is 4. The molecule has 1 aromatic rings. The molecule has 0 amide bonds. The lowest BCUT2D eigenvalue weighted by atomic mass is 10.0. The summed E-state index contributed by atoms with van der Waals surface area (Å²) in [5.74, 6) is 1.03. The van der Waals surface area contributed by atoms with E-state index in [1.807, 2.05) is 17.8 Å². The van der Waals surface area contributed by atoms with Gasteiger partial charge in [-0.05, 0) is 19.3 Å². The lowest BCUT2D eigenvalue weighted by molar-refractivity contribution is 0.0823. The summed E-state index contributed by atoms with van der Waals surface area (Å²) in [6.07, 6.45) is 5.95. The molecule has 19 heavy (non-hydrogen) atoms. The van der Waals surface area contributed by atoms with E-state index in [9.17, 15) is 8.42 Å². The Bertz CT molecular complexity index is 550. The van der Waals surface area contributed by atoms with Gasteiger partial charge in [-0.3, -0.25) is 0 Å². The van der Waals surface area contributed by atoms with Gasteiger partial charge in [0.05, 0.1) is 5.25 Å². The Morgan fingerprint density at radius 3 is 2.89 bits per heavy atom. The molecule has 1 N–H and O–H groups in total. The SMILES string of the molecule is Cn1ccnc1[C@@H]1OCC[C@H]1CNS(=O)(=O)C1CC1. The van der Waals surface area contributed by atoms with Crippen molar-refractivity contribution in [2.75, 3.05) is 13.2 Å². The number of aromatic nitrogens is 2. The molecule has 0 spiro atoms. The quantitative estimate of drug-likeness (QED) is 0.859. The second kappa shape index (κ2) is 4.88. The maximum absolute atomic E-state index is 11.8. The third-order valence-electron chi connectivity index (χ3n) is 3.84. The lowest BCUT2D eigenvalue weighted by Crippen LogP contribution is -2.33. The van der Waals surface area contributed by atoms with Gasteiger partial charge in [-0.1, -0.05) is 0 Å². The molecule has 7 heteroatoms. The highest BCUT2D eigenvalue weighted by Gasteiger charge is 2.38. The lowest BCUT2D eigenvalue weighted by Gasteiger charge is -2.18.